The van der Waals surface area contributed by atoms with E-state index in [4.69, 9.17) is 0 Å². The lowest BCUT2D eigenvalue weighted by Gasteiger charge is -1.97. The lowest BCUT2D eigenvalue weighted by molar-refractivity contribution is 0.958. The lowest BCUT2D eigenvalue weighted by atomic mass is 10.3. The predicted octanol–water partition coefficient (Wildman–Crippen LogP) is 3.25. The van der Waals surface area contributed by atoms with Crippen LogP contribution in [0.2, 0.25) is 0 Å². The largest absolute Gasteiger partial charge is 0.197 e. The van der Waals surface area contributed by atoms with Gasteiger partial charge in [0.15, 0.2) is 0 Å². The first kappa shape index (κ1) is 8.65. The van der Waals surface area contributed by atoms with E-state index in [9.17, 15) is 0 Å². The summed E-state index contributed by atoms with van der Waals surface area (Å²) in [6.45, 7) is 0. The monoisotopic (exact) mass is 353 g/mol. The number of halogens is 3. The Labute approximate surface area is 93.3 Å². The van der Waals surface area contributed by atoms with Crippen LogP contribution in [0.3, 0.4) is 0 Å². The number of aromatic nitrogens is 3. The quantitative estimate of drug-likeness (QED) is 0.737. The smallest absolute Gasteiger partial charge is 0.129 e. The van der Waals surface area contributed by atoms with Gasteiger partial charge in [0.2, 0.25) is 0 Å². The summed E-state index contributed by atoms with van der Waals surface area (Å²) < 4.78 is 2.78. The third-order valence-corrected chi connectivity index (χ3v) is 4.01. The Morgan fingerprint density at radius 3 is 2.42 bits per heavy atom. The van der Waals surface area contributed by atoms with Crippen molar-refractivity contribution in [2.24, 2.45) is 0 Å². The molecule has 1 N–H and O–H groups in total. The minimum absolute atomic E-state index is 0.816. The van der Waals surface area contributed by atoms with Crippen molar-refractivity contribution in [2.45, 2.75) is 0 Å². The van der Waals surface area contributed by atoms with Crippen LogP contribution in [0.25, 0.3) is 11.0 Å². The molecule has 0 unspecified atom stereocenters. The fourth-order valence-corrected chi connectivity index (χ4v) is 2.53. The molecule has 0 spiro atoms. The topological polar surface area (TPSA) is 41.6 Å². The van der Waals surface area contributed by atoms with Crippen molar-refractivity contribution in [3.05, 3.63) is 19.5 Å². The molecule has 0 aliphatic carbocycles. The summed E-state index contributed by atoms with van der Waals surface area (Å²) in [5, 5.41) is 10.5. The van der Waals surface area contributed by atoms with E-state index in [0.29, 0.717) is 0 Å². The van der Waals surface area contributed by atoms with Gasteiger partial charge in [0.1, 0.15) is 11.0 Å². The summed E-state index contributed by atoms with van der Waals surface area (Å²) in [5.41, 5.74) is 1.64. The Hall–Kier alpha value is 0.0600. The van der Waals surface area contributed by atoms with Crippen molar-refractivity contribution >= 4 is 58.8 Å². The van der Waals surface area contributed by atoms with E-state index in [1.165, 1.54) is 0 Å². The number of nitrogens with zero attached hydrogens (tertiary/aromatic N) is 2. The predicted molar refractivity (Wildman–Crippen MR) is 57.0 cm³/mol. The number of nitrogens with one attached hydrogen (secondary N) is 1. The minimum atomic E-state index is 0.816. The van der Waals surface area contributed by atoms with Gasteiger partial charge in [-0.2, -0.15) is 15.4 Å². The second-order valence-corrected chi connectivity index (χ2v) is 4.68. The molecule has 12 heavy (non-hydrogen) atoms. The zero-order valence-electron chi connectivity index (χ0n) is 5.61. The van der Waals surface area contributed by atoms with E-state index < -0.39 is 0 Å². The summed E-state index contributed by atoms with van der Waals surface area (Å²) in [7, 11) is 0. The number of fused-ring (bicyclic) bond motifs is 1. The molecular weight excluding hydrogens is 354 g/mol. The van der Waals surface area contributed by atoms with E-state index >= 15 is 0 Å². The van der Waals surface area contributed by atoms with E-state index in [1.807, 2.05) is 6.07 Å². The van der Waals surface area contributed by atoms with Gasteiger partial charge >= 0.3 is 0 Å². The fraction of sp³-hybridized carbons (Fsp3) is 0. The average molecular weight is 356 g/mol. The van der Waals surface area contributed by atoms with E-state index in [2.05, 4.69) is 63.2 Å². The number of rotatable bonds is 0. The van der Waals surface area contributed by atoms with Crippen LogP contribution in [0.4, 0.5) is 0 Å². The maximum absolute atomic E-state index is 4.00. The fourth-order valence-electron chi connectivity index (χ4n) is 0.907. The van der Waals surface area contributed by atoms with Crippen LogP contribution in [0.5, 0.6) is 0 Å². The third kappa shape index (κ3) is 1.22. The van der Waals surface area contributed by atoms with E-state index in [1.54, 1.807) is 0 Å². The van der Waals surface area contributed by atoms with Crippen LogP contribution in [0.15, 0.2) is 19.5 Å². The van der Waals surface area contributed by atoms with Crippen molar-refractivity contribution in [1.29, 1.82) is 0 Å². The van der Waals surface area contributed by atoms with Crippen molar-refractivity contribution < 1.29 is 0 Å². The lowest BCUT2D eigenvalue weighted by Crippen LogP contribution is -1.76. The summed E-state index contributed by atoms with van der Waals surface area (Å²) in [6, 6.07) is 1.93. The molecule has 6 heteroatoms. The molecule has 0 saturated carbocycles. The zero-order chi connectivity index (χ0) is 8.72. The summed E-state index contributed by atoms with van der Waals surface area (Å²) in [6.07, 6.45) is 0. The Kier molecular flexibility index (Phi) is 2.22. The highest BCUT2D eigenvalue weighted by Gasteiger charge is 2.10. The summed E-state index contributed by atoms with van der Waals surface area (Å²) in [5.74, 6) is 0. The Morgan fingerprint density at radius 2 is 1.67 bits per heavy atom. The average Bonchev–Trinajstić information content (AvgIpc) is 2.48. The highest BCUT2D eigenvalue weighted by atomic mass is 79.9. The third-order valence-electron chi connectivity index (χ3n) is 1.45. The first-order valence-corrected chi connectivity index (χ1v) is 5.42. The molecular formula is C6H2Br3N3. The van der Waals surface area contributed by atoms with Gasteiger partial charge in [-0.05, 0) is 53.9 Å². The maximum atomic E-state index is 4.00. The van der Waals surface area contributed by atoms with Gasteiger partial charge in [-0.1, -0.05) is 0 Å². The molecule has 0 fully saturated rings. The Balaban J connectivity index is 2.97. The van der Waals surface area contributed by atoms with Gasteiger partial charge in [-0.3, -0.25) is 0 Å². The summed E-state index contributed by atoms with van der Waals surface area (Å²) in [4.78, 5) is 0. The van der Waals surface area contributed by atoms with Crippen LogP contribution in [-0.4, -0.2) is 15.4 Å². The molecule has 0 atom stereocenters. The second kappa shape index (κ2) is 3.08. The molecule has 0 saturated heterocycles. The number of benzene rings is 1. The first-order chi connectivity index (χ1) is 5.70. The van der Waals surface area contributed by atoms with Gasteiger partial charge in [-0.15, -0.1) is 0 Å². The molecule has 0 radical (unpaired) electrons. The van der Waals surface area contributed by atoms with Gasteiger partial charge < -0.3 is 0 Å². The number of hydrogen-bond acceptors (Lipinski definition) is 2. The number of H-pyrrole nitrogens is 1. The SMILES string of the molecule is Brc1cc(Br)c2n[nH]nc2c1Br. The first-order valence-electron chi connectivity index (χ1n) is 3.04. The highest BCUT2D eigenvalue weighted by molar-refractivity contribution is 9.13. The Morgan fingerprint density at radius 1 is 1.00 bits per heavy atom. The van der Waals surface area contributed by atoms with E-state index in [-0.39, 0.29) is 0 Å². The van der Waals surface area contributed by atoms with E-state index in [0.717, 1.165) is 24.5 Å². The molecule has 0 aliphatic rings. The molecule has 3 nitrogen and oxygen atoms in total. The molecule has 2 aromatic rings. The normalized spacial score (nSPS) is 10.9. The van der Waals surface area contributed by atoms with Crippen LogP contribution in [0.1, 0.15) is 0 Å². The molecule has 2 rings (SSSR count). The molecule has 1 aromatic heterocycles. The van der Waals surface area contributed by atoms with Crippen LogP contribution in [-0.2, 0) is 0 Å². The van der Waals surface area contributed by atoms with Gasteiger partial charge in [0.05, 0.1) is 4.47 Å². The molecule has 0 amide bonds. The minimum Gasteiger partial charge on any atom is -0.197 e. The molecule has 62 valence electrons. The Bertz CT molecular complexity index is 437. The molecule has 1 aromatic carbocycles. The van der Waals surface area contributed by atoms with Crippen molar-refractivity contribution in [3.8, 4) is 0 Å². The highest BCUT2D eigenvalue weighted by Crippen LogP contribution is 2.33. The maximum Gasteiger partial charge on any atom is 0.129 e. The standard InChI is InChI=1S/C6H2Br3N3/c7-2-1-3(8)5-6(4(2)9)11-12-10-5/h1H,(H,10,11,12). The van der Waals surface area contributed by atoms with Crippen molar-refractivity contribution in [2.75, 3.05) is 0 Å². The molecule has 0 aliphatic heterocycles. The van der Waals surface area contributed by atoms with Crippen molar-refractivity contribution in [3.63, 3.8) is 0 Å². The molecule has 0 bridgehead atoms. The van der Waals surface area contributed by atoms with Crippen LogP contribution in [0, 0.1) is 0 Å². The van der Waals surface area contributed by atoms with Crippen LogP contribution < -0.4 is 0 Å². The summed E-state index contributed by atoms with van der Waals surface area (Å²) >= 11 is 10.2. The zero-order valence-corrected chi connectivity index (χ0v) is 10.4. The van der Waals surface area contributed by atoms with Crippen molar-refractivity contribution in [1.82, 2.24) is 15.4 Å². The van der Waals surface area contributed by atoms with Gasteiger partial charge in [0, 0.05) is 8.95 Å². The second-order valence-electron chi connectivity index (χ2n) is 2.18. The van der Waals surface area contributed by atoms with Crippen LogP contribution >= 0.6 is 47.8 Å². The number of hydrogen-bond donors (Lipinski definition) is 1. The number of aromatic amines is 1. The van der Waals surface area contributed by atoms with Gasteiger partial charge in [-0.25, -0.2) is 0 Å². The molecule has 1 heterocycles. The van der Waals surface area contributed by atoms with Gasteiger partial charge in [0.25, 0.3) is 0 Å².